The van der Waals surface area contributed by atoms with E-state index in [1.165, 1.54) is 0 Å². The summed E-state index contributed by atoms with van der Waals surface area (Å²) in [6, 6.07) is 3.85. The number of carbonyl (C=O) groups excluding carboxylic acids is 1. The first-order valence-electron chi connectivity index (χ1n) is 8.43. The highest BCUT2D eigenvalue weighted by atomic mass is 16.4. The Bertz CT molecular complexity index is 558. The van der Waals surface area contributed by atoms with Crippen LogP contribution in [0.3, 0.4) is 0 Å². The van der Waals surface area contributed by atoms with Gasteiger partial charge in [0, 0.05) is 57.2 Å². The van der Waals surface area contributed by atoms with Gasteiger partial charge in [0.15, 0.2) is 11.3 Å². The number of carboxylic acid groups (broad SMARTS) is 1. The maximum Gasteiger partial charge on any atom is 0.333 e. The number of ketones is 1. The minimum Gasteiger partial charge on any atom is -0.479 e. The Morgan fingerprint density at radius 3 is 2.38 bits per heavy atom. The van der Waals surface area contributed by atoms with Crippen LogP contribution in [0.4, 0.5) is 5.69 Å². The van der Waals surface area contributed by atoms with Crippen molar-refractivity contribution in [1.29, 1.82) is 0 Å². The second kappa shape index (κ2) is 8.21. The summed E-state index contributed by atoms with van der Waals surface area (Å²) in [6.45, 7) is 4.07. The van der Waals surface area contributed by atoms with Crippen molar-refractivity contribution in [2.45, 2.75) is 31.7 Å². The second-order valence-corrected chi connectivity index (χ2v) is 6.08. The number of nitrogens with zero attached hydrogens (tertiary/aromatic N) is 3. The average Bonchev–Trinajstić information content (AvgIpc) is 2.62. The van der Waals surface area contributed by atoms with Crippen LogP contribution in [-0.2, 0) is 9.59 Å². The van der Waals surface area contributed by atoms with Crippen LogP contribution in [-0.4, -0.2) is 65.0 Å². The third-order valence-corrected chi connectivity index (χ3v) is 4.72. The average molecular weight is 334 g/mol. The molecule has 1 atom stereocenters. The van der Waals surface area contributed by atoms with E-state index < -0.39 is 11.5 Å². The third kappa shape index (κ3) is 3.57. The first kappa shape index (κ1) is 18.4. The van der Waals surface area contributed by atoms with Crippen molar-refractivity contribution in [2.75, 3.05) is 37.6 Å². The van der Waals surface area contributed by atoms with Gasteiger partial charge < -0.3 is 15.7 Å². The van der Waals surface area contributed by atoms with E-state index in [1.807, 2.05) is 19.1 Å². The Hall–Kier alpha value is -1.99. The molecule has 0 aliphatic carbocycles. The fourth-order valence-electron chi connectivity index (χ4n) is 3.21. The maximum atomic E-state index is 12.6. The first-order chi connectivity index (χ1) is 11.6. The topological polar surface area (TPSA) is 99.8 Å². The molecule has 1 aromatic rings. The van der Waals surface area contributed by atoms with Gasteiger partial charge in [0.1, 0.15) is 0 Å². The number of rotatable bonds is 8. The maximum absolute atomic E-state index is 12.6. The minimum absolute atomic E-state index is 0.194. The third-order valence-electron chi connectivity index (χ3n) is 4.72. The molecule has 1 aliphatic heterocycles. The van der Waals surface area contributed by atoms with E-state index in [-0.39, 0.29) is 18.7 Å². The SMILES string of the molecule is CCCCC(=O)C(CN)(C(=O)O)N1CCN(c2ccncc2)CC1. The molecular formula is C17H26N4O3. The summed E-state index contributed by atoms with van der Waals surface area (Å²) >= 11 is 0. The molecule has 2 rings (SSSR count). The number of aromatic nitrogens is 1. The summed E-state index contributed by atoms with van der Waals surface area (Å²) in [5.41, 5.74) is 5.25. The number of anilines is 1. The molecule has 132 valence electrons. The number of carboxylic acids is 1. The van der Waals surface area contributed by atoms with Gasteiger partial charge in [-0.1, -0.05) is 13.3 Å². The van der Waals surface area contributed by atoms with Crippen LogP contribution in [0.1, 0.15) is 26.2 Å². The largest absolute Gasteiger partial charge is 0.479 e. The highest BCUT2D eigenvalue weighted by molar-refractivity contribution is 6.08. The van der Waals surface area contributed by atoms with Gasteiger partial charge in [-0.05, 0) is 18.6 Å². The zero-order valence-electron chi connectivity index (χ0n) is 14.1. The molecular weight excluding hydrogens is 308 g/mol. The van der Waals surface area contributed by atoms with Crippen LogP contribution in [0.15, 0.2) is 24.5 Å². The molecule has 1 fully saturated rings. The number of piperazine rings is 1. The van der Waals surface area contributed by atoms with E-state index in [9.17, 15) is 14.7 Å². The molecule has 3 N–H and O–H groups in total. The molecule has 24 heavy (non-hydrogen) atoms. The Balaban J connectivity index is 2.12. The van der Waals surface area contributed by atoms with Crippen molar-refractivity contribution < 1.29 is 14.7 Å². The number of pyridine rings is 1. The standard InChI is InChI=1S/C17H26N4O3/c1-2-3-4-15(22)17(13-18,16(23)24)21-11-9-20(10-12-21)14-5-7-19-8-6-14/h5-8H,2-4,9-13,18H2,1H3,(H,23,24). The molecule has 0 aromatic carbocycles. The summed E-state index contributed by atoms with van der Waals surface area (Å²) in [7, 11) is 0. The molecule has 7 heteroatoms. The lowest BCUT2D eigenvalue weighted by Gasteiger charge is -2.44. The fourth-order valence-corrected chi connectivity index (χ4v) is 3.21. The van der Waals surface area contributed by atoms with Crippen molar-refractivity contribution in [2.24, 2.45) is 5.73 Å². The Kier molecular flexibility index (Phi) is 6.28. The summed E-state index contributed by atoms with van der Waals surface area (Å²) in [5.74, 6) is -1.42. The predicted octanol–water partition coefficient (Wildman–Crippen LogP) is 0.745. The number of nitrogens with two attached hydrogens (primary N) is 1. The van der Waals surface area contributed by atoms with Crippen LogP contribution < -0.4 is 10.6 Å². The van der Waals surface area contributed by atoms with Gasteiger partial charge in [-0.2, -0.15) is 0 Å². The number of unbranched alkanes of at least 4 members (excludes halogenated alkanes) is 1. The highest BCUT2D eigenvalue weighted by Crippen LogP contribution is 2.24. The predicted molar refractivity (Wildman–Crippen MR) is 92.0 cm³/mol. The molecule has 2 heterocycles. The summed E-state index contributed by atoms with van der Waals surface area (Å²) in [4.78, 5) is 32.5. The molecule has 7 nitrogen and oxygen atoms in total. The Labute approximate surface area is 142 Å². The first-order valence-corrected chi connectivity index (χ1v) is 8.43. The van der Waals surface area contributed by atoms with Gasteiger partial charge in [0.2, 0.25) is 0 Å². The van der Waals surface area contributed by atoms with Gasteiger partial charge in [-0.15, -0.1) is 0 Å². The number of aliphatic carboxylic acids is 1. The lowest BCUT2D eigenvalue weighted by Crippen LogP contribution is -2.68. The lowest BCUT2D eigenvalue weighted by atomic mass is 9.88. The summed E-state index contributed by atoms with van der Waals surface area (Å²) in [5, 5.41) is 9.76. The van der Waals surface area contributed by atoms with Gasteiger partial charge in [0.05, 0.1) is 0 Å². The molecule has 1 saturated heterocycles. The van der Waals surface area contributed by atoms with E-state index in [0.29, 0.717) is 32.6 Å². The Morgan fingerprint density at radius 2 is 1.88 bits per heavy atom. The number of hydrogen-bond acceptors (Lipinski definition) is 6. The molecule has 0 spiro atoms. The van der Waals surface area contributed by atoms with E-state index in [4.69, 9.17) is 5.73 Å². The molecule has 1 aromatic heterocycles. The minimum atomic E-state index is -1.60. The second-order valence-electron chi connectivity index (χ2n) is 6.08. The molecule has 0 amide bonds. The van der Waals surface area contributed by atoms with Gasteiger partial charge in [-0.25, -0.2) is 4.79 Å². The smallest absolute Gasteiger partial charge is 0.333 e. The van der Waals surface area contributed by atoms with E-state index in [1.54, 1.807) is 17.3 Å². The zero-order valence-corrected chi connectivity index (χ0v) is 14.1. The van der Waals surface area contributed by atoms with Crippen LogP contribution in [0.5, 0.6) is 0 Å². The van der Waals surface area contributed by atoms with Crippen molar-refractivity contribution in [3.63, 3.8) is 0 Å². The number of carbonyl (C=O) groups is 2. The lowest BCUT2D eigenvalue weighted by molar-refractivity contribution is -0.157. The molecule has 0 bridgehead atoms. The fraction of sp³-hybridized carbons (Fsp3) is 0.588. The van der Waals surface area contributed by atoms with E-state index in [2.05, 4.69) is 9.88 Å². The van der Waals surface area contributed by atoms with Gasteiger partial charge in [-0.3, -0.25) is 14.7 Å². The van der Waals surface area contributed by atoms with Crippen LogP contribution >= 0.6 is 0 Å². The van der Waals surface area contributed by atoms with Crippen molar-refractivity contribution in [3.8, 4) is 0 Å². The van der Waals surface area contributed by atoms with Crippen LogP contribution in [0.25, 0.3) is 0 Å². The van der Waals surface area contributed by atoms with Crippen molar-refractivity contribution in [3.05, 3.63) is 24.5 Å². The molecule has 1 aliphatic rings. The van der Waals surface area contributed by atoms with E-state index in [0.717, 1.165) is 12.1 Å². The van der Waals surface area contributed by atoms with Crippen LogP contribution in [0, 0.1) is 0 Å². The van der Waals surface area contributed by atoms with Gasteiger partial charge >= 0.3 is 5.97 Å². The van der Waals surface area contributed by atoms with Crippen molar-refractivity contribution in [1.82, 2.24) is 9.88 Å². The van der Waals surface area contributed by atoms with Gasteiger partial charge in [0.25, 0.3) is 0 Å². The Morgan fingerprint density at radius 1 is 1.25 bits per heavy atom. The zero-order chi connectivity index (χ0) is 17.6. The number of Topliss-reactive ketones (excluding diaryl/α,β-unsaturated/α-hetero) is 1. The number of hydrogen-bond donors (Lipinski definition) is 2. The van der Waals surface area contributed by atoms with E-state index >= 15 is 0 Å². The monoisotopic (exact) mass is 334 g/mol. The van der Waals surface area contributed by atoms with Crippen LogP contribution in [0.2, 0.25) is 0 Å². The normalized spacial score (nSPS) is 18.2. The molecule has 0 radical (unpaired) electrons. The van der Waals surface area contributed by atoms with Crippen molar-refractivity contribution >= 4 is 17.4 Å². The molecule has 0 saturated carbocycles. The molecule has 1 unspecified atom stereocenters. The summed E-state index contributed by atoms with van der Waals surface area (Å²) < 4.78 is 0. The highest BCUT2D eigenvalue weighted by Gasteiger charge is 2.49. The summed E-state index contributed by atoms with van der Waals surface area (Å²) in [6.07, 6.45) is 5.26. The quantitative estimate of drug-likeness (QED) is 0.677.